The van der Waals surface area contributed by atoms with Crippen molar-refractivity contribution in [1.29, 1.82) is 0 Å². The number of hydrogen-bond acceptors (Lipinski definition) is 5. The molecule has 1 unspecified atom stereocenters. The second kappa shape index (κ2) is 14.8. The van der Waals surface area contributed by atoms with Crippen LogP contribution in [0.25, 0.3) is 0 Å². The van der Waals surface area contributed by atoms with E-state index < -0.39 is 40.2 Å². The number of ether oxygens (including phenoxy) is 1. The van der Waals surface area contributed by atoms with Gasteiger partial charge in [0, 0.05) is 23.7 Å². The first-order chi connectivity index (χ1) is 19.6. The Balaban J connectivity index is 2.06. The Morgan fingerprint density at radius 2 is 1.66 bits per heavy atom. The maximum Gasteiger partial charge on any atom is 0.264 e. The molecule has 3 aromatic carbocycles. The molecule has 41 heavy (non-hydrogen) atoms. The molecule has 11 heteroatoms. The SMILES string of the molecule is CCCCNC(=O)C(C)N(Cc1ccccc1F)C(=O)CN(c1ccccc1OCC)S(=O)(=O)c1ccc(Cl)cc1. The molecule has 0 aromatic heterocycles. The quantitative estimate of drug-likeness (QED) is 0.249. The van der Waals surface area contributed by atoms with Gasteiger partial charge in [-0.3, -0.25) is 13.9 Å². The van der Waals surface area contributed by atoms with E-state index in [1.807, 2.05) is 6.92 Å². The normalized spacial score (nSPS) is 11.9. The topological polar surface area (TPSA) is 96.0 Å². The summed E-state index contributed by atoms with van der Waals surface area (Å²) in [6.07, 6.45) is 1.62. The Kier molecular flexibility index (Phi) is 11.5. The molecule has 0 saturated carbocycles. The number of halogens is 2. The van der Waals surface area contributed by atoms with Gasteiger partial charge in [0.15, 0.2) is 0 Å². The fourth-order valence-corrected chi connectivity index (χ4v) is 5.67. The molecule has 0 spiro atoms. The predicted octanol–water partition coefficient (Wildman–Crippen LogP) is 5.41. The molecule has 220 valence electrons. The summed E-state index contributed by atoms with van der Waals surface area (Å²) in [7, 11) is -4.31. The molecule has 0 aliphatic heterocycles. The minimum absolute atomic E-state index is 0.0907. The van der Waals surface area contributed by atoms with Crippen molar-refractivity contribution in [3.63, 3.8) is 0 Å². The molecule has 0 fully saturated rings. The zero-order chi connectivity index (χ0) is 30.0. The van der Waals surface area contributed by atoms with Crippen LogP contribution in [0.1, 0.15) is 39.2 Å². The molecule has 2 amide bonds. The second-order valence-electron chi connectivity index (χ2n) is 9.30. The van der Waals surface area contributed by atoms with Crippen molar-refractivity contribution >= 4 is 39.1 Å². The monoisotopic (exact) mass is 603 g/mol. The lowest BCUT2D eigenvalue weighted by Crippen LogP contribution is -2.51. The number of amides is 2. The molecular formula is C30H35ClFN3O5S. The third-order valence-electron chi connectivity index (χ3n) is 6.41. The highest BCUT2D eigenvalue weighted by Gasteiger charge is 2.34. The second-order valence-corrected chi connectivity index (χ2v) is 11.6. The van der Waals surface area contributed by atoms with E-state index in [0.29, 0.717) is 11.6 Å². The highest BCUT2D eigenvalue weighted by molar-refractivity contribution is 7.92. The third-order valence-corrected chi connectivity index (χ3v) is 8.44. The largest absolute Gasteiger partial charge is 0.492 e. The van der Waals surface area contributed by atoms with Crippen LogP contribution in [0, 0.1) is 5.82 Å². The number of anilines is 1. The van der Waals surface area contributed by atoms with Crippen LogP contribution in [0.4, 0.5) is 10.1 Å². The summed E-state index contributed by atoms with van der Waals surface area (Å²) in [5.74, 6) is -1.41. The number of carbonyl (C=O) groups excluding carboxylic acids is 2. The van der Waals surface area contributed by atoms with Crippen molar-refractivity contribution in [3.8, 4) is 5.75 Å². The summed E-state index contributed by atoms with van der Waals surface area (Å²) >= 11 is 5.99. The van der Waals surface area contributed by atoms with Gasteiger partial charge < -0.3 is 15.0 Å². The molecule has 3 rings (SSSR count). The van der Waals surface area contributed by atoms with Gasteiger partial charge in [0.05, 0.1) is 17.2 Å². The lowest BCUT2D eigenvalue weighted by molar-refractivity contribution is -0.139. The van der Waals surface area contributed by atoms with E-state index in [-0.39, 0.29) is 35.0 Å². The number of rotatable bonds is 14. The van der Waals surface area contributed by atoms with Crippen LogP contribution in [-0.2, 0) is 26.2 Å². The lowest BCUT2D eigenvalue weighted by atomic mass is 10.1. The van der Waals surface area contributed by atoms with Crippen molar-refractivity contribution < 1.29 is 27.1 Å². The average molecular weight is 604 g/mol. The van der Waals surface area contributed by atoms with Gasteiger partial charge in [-0.2, -0.15) is 0 Å². The lowest BCUT2D eigenvalue weighted by Gasteiger charge is -2.32. The van der Waals surface area contributed by atoms with Gasteiger partial charge in [-0.25, -0.2) is 12.8 Å². The minimum Gasteiger partial charge on any atom is -0.492 e. The van der Waals surface area contributed by atoms with Crippen LogP contribution < -0.4 is 14.4 Å². The first kappa shape index (κ1) is 31.9. The van der Waals surface area contributed by atoms with Crippen LogP contribution in [0.3, 0.4) is 0 Å². The first-order valence-corrected chi connectivity index (χ1v) is 15.2. The van der Waals surface area contributed by atoms with Crippen LogP contribution in [-0.4, -0.2) is 50.9 Å². The van der Waals surface area contributed by atoms with Crippen molar-refractivity contribution in [2.45, 2.75) is 51.1 Å². The van der Waals surface area contributed by atoms with E-state index >= 15 is 0 Å². The first-order valence-electron chi connectivity index (χ1n) is 13.4. The molecule has 1 N–H and O–H groups in total. The minimum atomic E-state index is -4.31. The third kappa shape index (κ3) is 8.20. The zero-order valence-electron chi connectivity index (χ0n) is 23.3. The maximum atomic E-state index is 14.7. The Hall–Kier alpha value is -3.63. The zero-order valence-corrected chi connectivity index (χ0v) is 24.9. The summed E-state index contributed by atoms with van der Waals surface area (Å²) in [5, 5.41) is 3.15. The smallest absolute Gasteiger partial charge is 0.264 e. The molecule has 0 bridgehead atoms. The number of nitrogens with one attached hydrogen (secondary N) is 1. The Morgan fingerprint density at radius 3 is 2.32 bits per heavy atom. The van der Waals surface area contributed by atoms with E-state index in [0.717, 1.165) is 17.1 Å². The standard InChI is InChI=1S/C30H35ClFN3O5S/c1-4-6-19-33-30(37)22(3)34(20-23-11-7-8-12-26(23)32)29(36)21-35(27-13-9-10-14-28(27)40-5-2)41(38,39)25-17-15-24(31)16-18-25/h7-18,22H,4-6,19-21H2,1-3H3,(H,33,37). The molecule has 0 saturated heterocycles. The molecule has 3 aromatic rings. The van der Waals surface area contributed by atoms with E-state index in [1.54, 1.807) is 31.2 Å². The summed E-state index contributed by atoms with van der Waals surface area (Å²) in [6, 6.07) is 17.0. The number of benzene rings is 3. The number of unbranched alkanes of at least 4 members (excludes halogenated alkanes) is 1. The highest BCUT2D eigenvalue weighted by atomic mass is 35.5. The molecule has 8 nitrogen and oxygen atoms in total. The Bertz CT molecular complexity index is 1440. The van der Waals surface area contributed by atoms with Gasteiger partial charge in [0.2, 0.25) is 11.8 Å². The molecule has 0 aliphatic rings. The van der Waals surface area contributed by atoms with Crippen LogP contribution in [0.2, 0.25) is 5.02 Å². The maximum absolute atomic E-state index is 14.7. The van der Waals surface area contributed by atoms with Gasteiger partial charge in [-0.05, 0) is 62.7 Å². The van der Waals surface area contributed by atoms with Crippen molar-refractivity contribution in [1.82, 2.24) is 10.2 Å². The van der Waals surface area contributed by atoms with Crippen molar-refractivity contribution in [3.05, 3.63) is 89.2 Å². The van der Waals surface area contributed by atoms with Gasteiger partial charge in [0.25, 0.3) is 10.0 Å². The molecule has 0 heterocycles. The number of sulfonamides is 1. The fraction of sp³-hybridized carbons (Fsp3) is 0.333. The highest BCUT2D eigenvalue weighted by Crippen LogP contribution is 2.33. The van der Waals surface area contributed by atoms with Crippen LogP contribution in [0.5, 0.6) is 5.75 Å². The van der Waals surface area contributed by atoms with E-state index in [4.69, 9.17) is 16.3 Å². The van der Waals surface area contributed by atoms with Crippen LogP contribution >= 0.6 is 11.6 Å². The number of carbonyl (C=O) groups is 2. The van der Waals surface area contributed by atoms with Gasteiger partial charge in [-0.15, -0.1) is 0 Å². The summed E-state index contributed by atoms with van der Waals surface area (Å²) in [6.45, 7) is 5.04. The average Bonchev–Trinajstić information content (AvgIpc) is 2.96. The summed E-state index contributed by atoms with van der Waals surface area (Å²) < 4.78 is 49.2. The van der Waals surface area contributed by atoms with Gasteiger partial charge in [0.1, 0.15) is 24.2 Å². The molecular weight excluding hydrogens is 569 g/mol. The van der Waals surface area contributed by atoms with E-state index in [2.05, 4.69) is 5.32 Å². The molecule has 0 aliphatic carbocycles. The van der Waals surface area contributed by atoms with E-state index in [1.165, 1.54) is 60.4 Å². The summed E-state index contributed by atoms with van der Waals surface area (Å²) in [4.78, 5) is 28.1. The number of hydrogen-bond donors (Lipinski definition) is 1. The number of para-hydroxylation sites is 2. The van der Waals surface area contributed by atoms with Crippen molar-refractivity contribution in [2.24, 2.45) is 0 Å². The Labute approximate surface area is 246 Å². The number of nitrogens with zero attached hydrogens (tertiary/aromatic N) is 2. The van der Waals surface area contributed by atoms with E-state index in [9.17, 15) is 22.4 Å². The van der Waals surface area contributed by atoms with Crippen molar-refractivity contribution in [2.75, 3.05) is 24.0 Å². The van der Waals surface area contributed by atoms with Crippen LogP contribution in [0.15, 0.2) is 77.7 Å². The van der Waals surface area contributed by atoms with Gasteiger partial charge >= 0.3 is 0 Å². The van der Waals surface area contributed by atoms with Gasteiger partial charge in [-0.1, -0.05) is 55.3 Å². The predicted molar refractivity (Wildman–Crippen MR) is 158 cm³/mol. The summed E-state index contributed by atoms with van der Waals surface area (Å²) in [5.41, 5.74) is 0.333. The molecule has 1 atom stereocenters. The molecule has 0 radical (unpaired) electrons. The Morgan fingerprint density at radius 1 is 1.00 bits per heavy atom. The fourth-order valence-electron chi connectivity index (χ4n) is 4.12.